The van der Waals surface area contributed by atoms with E-state index in [-0.39, 0.29) is 12.5 Å². The fourth-order valence-corrected chi connectivity index (χ4v) is 4.63. The van der Waals surface area contributed by atoms with E-state index >= 15 is 0 Å². The van der Waals surface area contributed by atoms with Crippen LogP contribution in [0, 0.1) is 0 Å². The standard InChI is InChI=1S/C24H26N2O4S2/c1-32(28,29)26(19-24(27)25-17-8-18-31-23-11-6-3-7-12-23)20-13-15-22(16-14-20)30-21-9-4-2-5-10-21/h2-7,9-16H,8,17-19H2,1H3,(H,25,27). The second-order valence-electron chi connectivity index (χ2n) is 7.04. The van der Waals surface area contributed by atoms with E-state index in [4.69, 9.17) is 4.74 Å². The minimum Gasteiger partial charge on any atom is -0.457 e. The SMILES string of the molecule is CS(=O)(=O)N(CC(=O)NCCCSc1ccccc1)c1ccc(Oc2ccccc2)cc1. The molecule has 3 aromatic rings. The van der Waals surface area contributed by atoms with Crippen LogP contribution in [0.4, 0.5) is 5.69 Å². The van der Waals surface area contributed by atoms with Crippen LogP contribution < -0.4 is 14.4 Å². The summed E-state index contributed by atoms with van der Waals surface area (Å²) in [6.45, 7) is 0.212. The molecule has 0 fully saturated rings. The number of carbonyl (C=O) groups is 1. The second-order valence-corrected chi connectivity index (χ2v) is 10.1. The Morgan fingerprint density at radius 2 is 1.50 bits per heavy atom. The van der Waals surface area contributed by atoms with E-state index in [1.165, 1.54) is 4.90 Å². The summed E-state index contributed by atoms with van der Waals surface area (Å²) in [5.74, 6) is 1.78. The van der Waals surface area contributed by atoms with Crippen molar-refractivity contribution in [1.29, 1.82) is 0 Å². The number of amides is 1. The molecule has 168 valence electrons. The lowest BCUT2D eigenvalue weighted by Gasteiger charge is -2.22. The van der Waals surface area contributed by atoms with Crippen LogP contribution in [-0.2, 0) is 14.8 Å². The molecule has 0 bridgehead atoms. The fraction of sp³-hybridized carbons (Fsp3) is 0.208. The van der Waals surface area contributed by atoms with Crippen LogP contribution in [0.1, 0.15) is 6.42 Å². The van der Waals surface area contributed by atoms with E-state index in [9.17, 15) is 13.2 Å². The molecule has 0 saturated heterocycles. The van der Waals surface area contributed by atoms with Crippen molar-refractivity contribution in [3.8, 4) is 11.5 Å². The Morgan fingerprint density at radius 3 is 2.12 bits per heavy atom. The number of ether oxygens (including phenoxy) is 1. The van der Waals surface area contributed by atoms with E-state index in [1.807, 2.05) is 60.7 Å². The van der Waals surface area contributed by atoms with Gasteiger partial charge in [-0.15, -0.1) is 11.8 Å². The summed E-state index contributed by atoms with van der Waals surface area (Å²) in [6.07, 6.45) is 1.88. The van der Waals surface area contributed by atoms with Crippen molar-refractivity contribution in [1.82, 2.24) is 5.32 Å². The van der Waals surface area contributed by atoms with E-state index in [0.29, 0.717) is 23.7 Å². The Labute approximate surface area is 193 Å². The maximum atomic E-state index is 12.4. The van der Waals surface area contributed by atoms with Gasteiger partial charge < -0.3 is 10.1 Å². The topological polar surface area (TPSA) is 75.7 Å². The fourth-order valence-electron chi connectivity index (χ4n) is 2.90. The monoisotopic (exact) mass is 470 g/mol. The summed E-state index contributed by atoms with van der Waals surface area (Å²) < 4.78 is 31.4. The summed E-state index contributed by atoms with van der Waals surface area (Å²) in [6, 6.07) is 26.0. The Kier molecular flexibility index (Phi) is 8.58. The maximum absolute atomic E-state index is 12.4. The highest BCUT2D eigenvalue weighted by Gasteiger charge is 2.20. The van der Waals surface area contributed by atoms with Crippen molar-refractivity contribution in [3.05, 3.63) is 84.9 Å². The highest BCUT2D eigenvalue weighted by Crippen LogP contribution is 2.25. The number of sulfonamides is 1. The number of hydrogen-bond acceptors (Lipinski definition) is 5. The highest BCUT2D eigenvalue weighted by atomic mass is 32.2. The number of rotatable bonds is 11. The smallest absolute Gasteiger partial charge is 0.240 e. The zero-order valence-electron chi connectivity index (χ0n) is 17.8. The predicted molar refractivity (Wildman–Crippen MR) is 130 cm³/mol. The van der Waals surface area contributed by atoms with Crippen LogP contribution in [0.3, 0.4) is 0 Å². The van der Waals surface area contributed by atoms with Gasteiger partial charge in [-0.1, -0.05) is 36.4 Å². The first-order chi connectivity index (χ1) is 15.4. The van der Waals surface area contributed by atoms with E-state index in [1.54, 1.807) is 36.0 Å². The first-order valence-electron chi connectivity index (χ1n) is 10.2. The van der Waals surface area contributed by atoms with Crippen LogP contribution in [0.5, 0.6) is 11.5 Å². The highest BCUT2D eigenvalue weighted by molar-refractivity contribution is 7.99. The Balaban J connectivity index is 1.51. The van der Waals surface area contributed by atoms with Gasteiger partial charge in [-0.3, -0.25) is 9.10 Å². The summed E-state index contributed by atoms with van der Waals surface area (Å²) in [5.41, 5.74) is 0.405. The Morgan fingerprint density at radius 1 is 0.906 bits per heavy atom. The van der Waals surface area contributed by atoms with Gasteiger partial charge in [0.2, 0.25) is 15.9 Å². The van der Waals surface area contributed by atoms with Crippen molar-refractivity contribution >= 4 is 33.4 Å². The van der Waals surface area contributed by atoms with Gasteiger partial charge in [0.1, 0.15) is 18.0 Å². The van der Waals surface area contributed by atoms with Gasteiger partial charge in [0.15, 0.2) is 0 Å². The lowest BCUT2D eigenvalue weighted by Crippen LogP contribution is -2.40. The summed E-state index contributed by atoms with van der Waals surface area (Å²) in [4.78, 5) is 13.5. The van der Waals surface area contributed by atoms with Crippen LogP contribution in [0.25, 0.3) is 0 Å². The third kappa shape index (κ3) is 7.62. The molecule has 3 aromatic carbocycles. The molecule has 0 aliphatic rings. The molecule has 0 aliphatic heterocycles. The quantitative estimate of drug-likeness (QED) is 0.329. The molecule has 0 aliphatic carbocycles. The summed E-state index contributed by atoms with van der Waals surface area (Å²) >= 11 is 1.72. The third-order valence-electron chi connectivity index (χ3n) is 4.45. The third-order valence-corrected chi connectivity index (χ3v) is 6.69. The number of nitrogens with one attached hydrogen (secondary N) is 1. The molecule has 0 unspecified atom stereocenters. The number of hydrogen-bond donors (Lipinski definition) is 1. The van der Waals surface area contributed by atoms with Crippen molar-refractivity contribution < 1.29 is 17.9 Å². The van der Waals surface area contributed by atoms with Crippen molar-refractivity contribution in [2.45, 2.75) is 11.3 Å². The Bertz CT molecular complexity index is 1090. The van der Waals surface area contributed by atoms with Gasteiger partial charge in [0.05, 0.1) is 11.9 Å². The van der Waals surface area contributed by atoms with Crippen LogP contribution >= 0.6 is 11.8 Å². The van der Waals surface area contributed by atoms with E-state index < -0.39 is 10.0 Å². The molecule has 3 rings (SSSR count). The number of nitrogens with zero attached hydrogens (tertiary/aromatic N) is 1. The van der Waals surface area contributed by atoms with Gasteiger partial charge in [0, 0.05) is 11.4 Å². The molecule has 1 N–H and O–H groups in total. The van der Waals surface area contributed by atoms with Gasteiger partial charge in [-0.05, 0) is 60.7 Å². The Hall–Kier alpha value is -2.97. The zero-order valence-corrected chi connectivity index (χ0v) is 19.4. The van der Waals surface area contributed by atoms with Crippen molar-refractivity contribution in [3.63, 3.8) is 0 Å². The summed E-state index contributed by atoms with van der Waals surface area (Å²) in [5, 5.41) is 2.80. The average molecular weight is 471 g/mol. The minimum atomic E-state index is -3.63. The van der Waals surface area contributed by atoms with E-state index in [0.717, 1.165) is 22.7 Å². The lowest BCUT2D eigenvalue weighted by atomic mass is 10.3. The molecule has 1 amide bonds. The maximum Gasteiger partial charge on any atom is 0.240 e. The molecule has 0 saturated carbocycles. The minimum absolute atomic E-state index is 0.274. The molecule has 0 spiro atoms. The van der Waals surface area contributed by atoms with Crippen LogP contribution in [-0.4, -0.2) is 39.4 Å². The number of thioether (sulfide) groups is 1. The number of anilines is 1. The molecule has 0 aromatic heterocycles. The molecule has 0 atom stereocenters. The second kappa shape index (κ2) is 11.6. The van der Waals surface area contributed by atoms with Gasteiger partial charge >= 0.3 is 0 Å². The van der Waals surface area contributed by atoms with E-state index in [2.05, 4.69) is 5.32 Å². The van der Waals surface area contributed by atoms with Crippen molar-refractivity contribution in [2.75, 3.05) is 29.4 Å². The van der Waals surface area contributed by atoms with Crippen LogP contribution in [0.15, 0.2) is 89.8 Å². The number of carbonyl (C=O) groups excluding carboxylic acids is 1. The van der Waals surface area contributed by atoms with Gasteiger partial charge in [0.25, 0.3) is 0 Å². The van der Waals surface area contributed by atoms with Gasteiger partial charge in [-0.2, -0.15) is 0 Å². The number of benzene rings is 3. The molecular weight excluding hydrogens is 444 g/mol. The zero-order chi connectivity index (χ0) is 22.8. The molecule has 0 radical (unpaired) electrons. The average Bonchev–Trinajstić information content (AvgIpc) is 2.79. The normalized spacial score (nSPS) is 11.0. The summed E-state index contributed by atoms with van der Waals surface area (Å²) in [7, 11) is -3.63. The number of para-hydroxylation sites is 1. The van der Waals surface area contributed by atoms with Gasteiger partial charge in [-0.25, -0.2) is 8.42 Å². The molecular formula is C24H26N2O4S2. The largest absolute Gasteiger partial charge is 0.457 e. The first-order valence-corrected chi connectivity index (χ1v) is 13.0. The molecule has 6 nitrogen and oxygen atoms in total. The lowest BCUT2D eigenvalue weighted by molar-refractivity contribution is -0.119. The molecule has 32 heavy (non-hydrogen) atoms. The van der Waals surface area contributed by atoms with Crippen molar-refractivity contribution in [2.24, 2.45) is 0 Å². The molecule has 0 heterocycles. The first kappa shape index (κ1) is 23.7. The molecule has 8 heteroatoms. The van der Waals surface area contributed by atoms with Crippen LogP contribution in [0.2, 0.25) is 0 Å². The predicted octanol–water partition coefficient (Wildman–Crippen LogP) is 4.54.